The molecule has 0 aliphatic rings. The van der Waals surface area contributed by atoms with Crippen LogP contribution in [-0.4, -0.2) is 61.1 Å². The zero-order valence-electron chi connectivity index (χ0n) is 10.5. The first-order valence-corrected chi connectivity index (χ1v) is 5.58. The lowest BCUT2D eigenvalue weighted by molar-refractivity contribution is 0.0692. The second-order valence-electron chi connectivity index (χ2n) is 4.88. The van der Waals surface area contributed by atoms with E-state index in [1.165, 1.54) is 0 Å². The molecule has 0 aliphatic carbocycles. The zero-order chi connectivity index (χ0) is 11.9. The summed E-state index contributed by atoms with van der Waals surface area (Å²) in [5.41, 5.74) is -0.406. The summed E-state index contributed by atoms with van der Waals surface area (Å²) in [6.07, 6.45) is 0. The number of hydrogen-bond donors (Lipinski definition) is 3. The normalized spacial score (nSPS) is 12.8. The van der Waals surface area contributed by atoms with Gasteiger partial charge in [0.2, 0.25) is 0 Å². The van der Waals surface area contributed by atoms with Gasteiger partial charge < -0.3 is 20.4 Å². The van der Waals surface area contributed by atoms with E-state index in [9.17, 15) is 0 Å². The van der Waals surface area contributed by atoms with Crippen LogP contribution in [0.3, 0.4) is 0 Å². The van der Waals surface area contributed by atoms with Gasteiger partial charge in [-0.25, -0.2) is 0 Å². The monoisotopic (exact) mass is 218 g/mol. The van der Waals surface area contributed by atoms with Crippen LogP contribution in [0.1, 0.15) is 20.8 Å². The van der Waals surface area contributed by atoms with Crippen molar-refractivity contribution in [2.45, 2.75) is 26.8 Å². The summed E-state index contributed by atoms with van der Waals surface area (Å²) >= 11 is 0. The molecule has 0 radical (unpaired) electrons. The van der Waals surface area contributed by atoms with Crippen molar-refractivity contribution in [1.82, 2.24) is 10.2 Å². The molecule has 0 unspecified atom stereocenters. The van der Waals surface area contributed by atoms with Crippen LogP contribution in [0.15, 0.2) is 0 Å². The highest BCUT2D eigenvalue weighted by Crippen LogP contribution is 2.11. The van der Waals surface area contributed by atoms with Crippen molar-refractivity contribution in [2.75, 3.05) is 39.9 Å². The summed E-state index contributed by atoms with van der Waals surface area (Å²) in [6, 6.07) is 0.550. The number of nitrogens with one attached hydrogen (secondary N) is 1. The van der Waals surface area contributed by atoms with Crippen LogP contribution in [0, 0.1) is 5.41 Å². The fourth-order valence-corrected chi connectivity index (χ4v) is 1.07. The van der Waals surface area contributed by atoms with Gasteiger partial charge in [-0.15, -0.1) is 0 Å². The molecule has 0 aliphatic heterocycles. The molecule has 0 heterocycles. The van der Waals surface area contributed by atoms with Gasteiger partial charge in [-0.2, -0.15) is 0 Å². The van der Waals surface area contributed by atoms with Crippen LogP contribution in [-0.2, 0) is 0 Å². The van der Waals surface area contributed by atoms with Crippen molar-refractivity contribution in [3.05, 3.63) is 0 Å². The minimum Gasteiger partial charge on any atom is -0.396 e. The van der Waals surface area contributed by atoms with E-state index < -0.39 is 5.41 Å². The van der Waals surface area contributed by atoms with Crippen LogP contribution in [0.5, 0.6) is 0 Å². The van der Waals surface area contributed by atoms with Crippen molar-refractivity contribution >= 4 is 0 Å². The lowest BCUT2D eigenvalue weighted by Gasteiger charge is -2.26. The van der Waals surface area contributed by atoms with E-state index in [-0.39, 0.29) is 13.2 Å². The highest BCUT2D eigenvalue weighted by atomic mass is 16.3. The average molecular weight is 218 g/mol. The maximum absolute atomic E-state index is 9.07. The first-order valence-electron chi connectivity index (χ1n) is 5.58. The molecule has 4 heteroatoms. The number of rotatable bonds is 8. The number of aliphatic hydroxyl groups is 2. The number of hydrogen-bond acceptors (Lipinski definition) is 4. The summed E-state index contributed by atoms with van der Waals surface area (Å²) in [5.74, 6) is 0. The molecule has 0 rings (SSSR count). The largest absolute Gasteiger partial charge is 0.396 e. The van der Waals surface area contributed by atoms with Gasteiger partial charge >= 0.3 is 0 Å². The Labute approximate surface area is 93.3 Å². The molecule has 15 heavy (non-hydrogen) atoms. The van der Waals surface area contributed by atoms with Gasteiger partial charge in [0.1, 0.15) is 0 Å². The number of likely N-dealkylation sites (N-methyl/N-ethyl adjacent to an activating group) is 1. The molecule has 0 aromatic heterocycles. The fourth-order valence-electron chi connectivity index (χ4n) is 1.07. The van der Waals surface area contributed by atoms with Crippen molar-refractivity contribution in [3.8, 4) is 0 Å². The van der Waals surface area contributed by atoms with Gasteiger partial charge in [0.15, 0.2) is 0 Å². The SMILES string of the molecule is CC(C)N(C)CCNCC(C)(CO)CO. The molecule has 0 bridgehead atoms. The van der Waals surface area contributed by atoms with Crippen LogP contribution in [0.25, 0.3) is 0 Å². The molecule has 0 spiro atoms. The fraction of sp³-hybridized carbons (Fsp3) is 1.00. The molecule has 0 saturated carbocycles. The summed E-state index contributed by atoms with van der Waals surface area (Å²) in [4.78, 5) is 2.25. The molecule has 0 atom stereocenters. The Morgan fingerprint density at radius 1 is 1.27 bits per heavy atom. The topological polar surface area (TPSA) is 55.7 Å². The van der Waals surface area contributed by atoms with Crippen LogP contribution in [0.2, 0.25) is 0 Å². The highest BCUT2D eigenvalue weighted by Gasteiger charge is 2.21. The smallest absolute Gasteiger partial charge is 0.0518 e. The molecule has 0 aromatic rings. The van der Waals surface area contributed by atoms with E-state index in [4.69, 9.17) is 10.2 Å². The molecule has 92 valence electrons. The molecule has 0 fully saturated rings. The third kappa shape index (κ3) is 6.10. The summed E-state index contributed by atoms with van der Waals surface area (Å²) in [7, 11) is 2.09. The second kappa shape index (κ2) is 7.17. The Balaban J connectivity index is 3.62. The first kappa shape index (κ1) is 14.8. The molecule has 0 saturated heterocycles. The van der Waals surface area contributed by atoms with Crippen LogP contribution in [0.4, 0.5) is 0 Å². The van der Waals surface area contributed by atoms with E-state index in [1.807, 2.05) is 6.92 Å². The Hall–Kier alpha value is -0.160. The van der Waals surface area contributed by atoms with Crippen LogP contribution >= 0.6 is 0 Å². The second-order valence-corrected chi connectivity index (χ2v) is 4.88. The Morgan fingerprint density at radius 3 is 2.20 bits per heavy atom. The Morgan fingerprint density at radius 2 is 1.80 bits per heavy atom. The van der Waals surface area contributed by atoms with E-state index in [2.05, 4.69) is 31.1 Å². The van der Waals surface area contributed by atoms with Crippen molar-refractivity contribution < 1.29 is 10.2 Å². The van der Waals surface area contributed by atoms with E-state index in [0.717, 1.165) is 13.1 Å². The predicted molar refractivity (Wildman–Crippen MR) is 62.9 cm³/mol. The average Bonchev–Trinajstić information content (AvgIpc) is 2.23. The van der Waals surface area contributed by atoms with Gasteiger partial charge in [-0.3, -0.25) is 0 Å². The highest BCUT2D eigenvalue weighted by molar-refractivity contribution is 4.75. The van der Waals surface area contributed by atoms with E-state index in [0.29, 0.717) is 12.6 Å². The minimum atomic E-state index is -0.406. The molecule has 4 nitrogen and oxygen atoms in total. The van der Waals surface area contributed by atoms with Crippen molar-refractivity contribution in [1.29, 1.82) is 0 Å². The Kier molecular flexibility index (Phi) is 7.09. The van der Waals surface area contributed by atoms with Crippen molar-refractivity contribution in [3.63, 3.8) is 0 Å². The number of nitrogens with zero attached hydrogens (tertiary/aromatic N) is 1. The third-order valence-electron chi connectivity index (χ3n) is 2.84. The molecule has 0 aromatic carbocycles. The van der Waals surface area contributed by atoms with Gasteiger partial charge in [0.05, 0.1) is 13.2 Å². The molecule has 0 amide bonds. The van der Waals surface area contributed by atoms with Gasteiger partial charge in [-0.05, 0) is 20.9 Å². The lowest BCUT2D eigenvalue weighted by atomic mass is 9.93. The first-order chi connectivity index (χ1) is 6.95. The quantitative estimate of drug-likeness (QED) is 0.498. The third-order valence-corrected chi connectivity index (χ3v) is 2.84. The maximum Gasteiger partial charge on any atom is 0.0518 e. The van der Waals surface area contributed by atoms with E-state index >= 15 is 0 Å². The lowest BCUT2D eigenvalue weighted by Crippen LogP contribution is -2.41. The van der Waals surface area contributed by atoms with Gasteiger partial charge in [-0.1, -0.05) is 6.92 Å². The zero-order valence-corrected chi connectivity index (χ0v) is 10.5. The van der Waals surface area contributed by atoms with Gasteiger partial charge in [0, 0.05) is 31.1 Å². The minimum absolute atomic E-state index is 0.0104. The maximum atomic E-state index is 9.07. The molecular formula is C11H26N2O2. The predicted octanol–water partition coefficient (Wildman–Crippen LogP) is -0.0929. The summed E-state index contributed by atoms with van der Waals surface area (Å²) in [6.45, 7) is 8.71. The standard InChI is InChI=1S/C11H26N2O2/c1-10(2)13(4)6-5-12-7-11(3,8-14)9-15/h10,12,14-15H,5-9H2,1-4H3. The van der Waals surface area contributed by atoms with Gasteiger partial charge in [0.25, 0.3) is 0 Å². The van der Waals surface area contributed by atoms with E-state index in [1.54, 1.807) is 0 Å². The summed E-state index contributed by atoms with van der Waals surface area (Å²) in [5, 5.41) is 21.4. The molecule has 3 N–H and O–H groups in total. The van der Waals surface area contributed by atoms with Crippen LogP contribution < -0.4 is 5.32 Å². The Bertz CT molecular complexity index is 159. The number of aliphatic hydroxyl groups excluding tert-OH is 2. The summed E-state index contributed by atoms with van der Waals surface area (Å²) < 4.78 is 0. The van der Waals surface area contributed by atoms with Crippen molar-refractivity contribution in [2.24, 2.45) is 5.41 Å². The molecular weight excluding hydrogens is 192 g/mol.